The van der Waals surface area contributed by atoms with E-state index in [-0.39, 0.29) is 5.78 Å². The number of furan rings is 1. The first-order valence-corrected chi connectivity index (χ1v) is 6.73. The molecule has 0 saturated heterocycles. The minimum Gasteiger partial charge on any atom is -0.453 e. The molecule has 0 N–H and O–H groups in total. The number of halogens is 1. The Kier molecular flexibility index (Phi) is 3.28. The van der Waals surface area contributed by atoms with Crippen LogP contribution in [0.5, 0.6) is 0 Å². The van der Waals surface area contributed by atoms with Crippen LogP contribution in [0.1, 0.15) is 28.6 Å². The van der Waals surface area contributed by atoms with Crippen molar-refractivity contribution in [1.82, 2.24) is 4.98 Å². The standard InChI is InChI=1S/C16H12ClNO2/c1-2-10-9-18-6-5-13(10)16(19)15-8-11-7-12(17)3-4-14(11)20-15/h3-9H,2H2,1H3. The van der Waals surface area contributed by atoms with Gasteiger partial charge in [0.05, 0.1) is 0 Å². The fourth-order valence-electron chi connectivity index (χ4n) is 2.19. The summed E-state index contributed by atoms with van der Waals surface area (Å²) in [5.74, 6) is 0.194. The minimum absolute atomic E-state index is 0.128. The van der Waals surface area contributed by atoms with Crippen molar-refractivity contribution in [2.75, 3.05) is 0 Å². The molecule has 2 aromatic heterocycles. The van der Waals surface area contributed by atoms with Crippen LogP contribution in [0.4, 0.5) is 0 Å². The summed E-state index contributed by atoms with van der Waals surface area (Å²) in [6.07, 6.45) is 4.08. The Morgan fingerprint density at radius 2 is 2.15 bits per heavy atom. The highest BCUT2D eigenvalue weighted by molar-refractivity contribution is 6.31. The summed E-state index contributed by atoms with van der Waals surface area (Å²) in [5.41, 5.74) is 2.20. The quantitative estimate of drug-likeness (QED) is 0.675. The highest BCUT2D eigenvalue weighted by Crippen LogP contribution is 2.25. The Hall–Kier alpha value is -2.13. The fraction of sp³-hybridized carbons (Fsp3) is 0.125. The number of benzene rings is 1. The van der Waals surface area contributed by atoms with Crippen LogP contribution in [-0.4, -0.2) is 10.8 Å². The van der Waals surface area contributed by atoms with E-state index in [1.54, 1.807) is 42.7 Å². The van der Waals surface area contributed by atoms with Crippen molar-refractivity contribution in [2.45, 2.75) is 13.3 Å². The summed E-state index contributed by atoms with van der Waals surface area (Å²) < 4.78 is 5.61. The molecule has 3 rings (SSSR count). The van der Waals surface area contributed by atoms with Crippen molar-refractivity contribution in [1.29, 1.82) is 0 Å². The molecule has 0 spiro atoms. The van der Waals surface area contributed by atoms with Gasteiger partial charge in [-0.1, -0.05) is 18.5 Å². The predicted octanol–water partition coefficient (Wildman–Crippen LogP) is 4.27. The van der Waals surface area contributed by atoms with Gasteiger partial charge >= 0.3 is 0 Å². The number of fused-ring (bicyclic) bond motifs is 1. The lowest BCUT2D eigenvalue weighted by molar-refractivity contribution is 0.101. The van der Waals surface area contributed by atoms with Crippen molar-refractivity contribution in [3.8, 4) is 0 Å². The van der Waals surface area contributed by atoms with Crippen molar-refractivity contribution in [3.63, 3.8) is 0 Å². The van der Waals surface area contributed by atoms with Gasteiger partial charge < -0.3 is 4.42 Å². The number of rotatable bonds is 3. The molecule has 0 aliphatic carbocycles. The molecule has 100 valence electrons. The fourth-order valence-corrected chi connectivity index (χ4v) is 2.37. The summed E-state index contributed by atoms with van der Waals surface area (Å²) in [6, 6.07) is 8.74. The summed E-state index contributed by atoms with van der Waals surface area (Å²) in [4.78, 5) is 16.6. The predicted molar refractivity (Wildman–Crippen MR) is 78.3 cm³/mol. The van der Waals surface area contributed by atoms with Gasteiger partial charge in [0.2, 0.25) is 5.78 Å². The van der Waals surface area contributed by atoms with Crippen molar-refractivity contribution < 1.29 is 9.21 Å². The summed E-state index contributed by atoms with van der Waals surface area (Å²) >= 11 is 5.94. The lowest BCUT2D eigenvalue weighted by atomic mass is 10.0. The van der Waals surface area contributed by atoms with E-state index in [9.17, 15) is 4.79 Å². The first kappa shape index (κ1) is 12.9. The summed E-state index contributed by atoms with van der Waals surface area (Å²) in [6.45, 7) is 1.99. The van der Waals surface area contributed by atoms with Gasteiger partial charge in [-0.25, -0.2) is 0 Å². The molecule has 0 aliphatic rings. The number of ketones is 1. The molecule has 0 bridgehead atoms. The topological polar surface area (TPSA) is 43.1 Å². The number of hydrogen-bond donors (Lipinski definition) is 0. The number of pyridine rings is 1. The van der Waals surface area contributed by atoms with Crippen LogP contribution in [0.15, 0.2) is 47.1 Å². The number of carbonyl (C=O) groups is 1. The third-order valence-electron chi connectivity index (χ3n) is 3.23. The maximum Gasteiger partial charge on any atom is 0.228 e. The van der Waals surface area contributed by atoms with E-state index in [1.807, 2.05) is 6.92 Å². The molecule has 2 heterocycles. The van der Waals surface area contributed by atoms with E-state index in [0.717, 1.165) is 17.4 Å². The average molecular weight is 286 g/mol. The van der Waals surface area contributed by atoms with Crippen LogP contribution in [0.3, 0.4) is 0 Å². The summed E-state index contributed by atoms with van der Waals surface area (Å²) in [5, 5.41) is 1.45. The molecule has 0 saturated carbocycles. The maximum absolute atomic E-state index is 12.5. The number of hydrogen-bond acceptors (Lipinski definition) is 3. The highest BCUT2D eigenvalue weighted by atomic mass is 35.5. The Morgan fingerprint density at radius 1 is 1.30 bits per heavy atom. The van der Waals surface area contributed by atoms with Gasteiger partial charge in [-0.05, 0) is 42.3 Å². The van der Waals surface area contributed by atoms with Gasteiger partial charge in [-0.2, -0.15) is 0 Å². The maximum atomic E-state index is 12.5. The molecule has 3 nitrogen and oxygen atoms in total. The van der Waals surface area contributed by atoms with Crippen molar-refractivity contribution in [3.05, 3.63) is 64.6 Å². The van der Waals surface area contributed by atoms with Gasteiger partial charge in [0, 0.05) is 28.4 Å². The average Bonchev–Trinajstić information content (AvgIpc) is 2.89. The second kappa shape index (κ2) is 5.10. The van der Waals surface area contributed by atoms with E-state index in [4.69, 9.17) is 16.0 Å². The molecule has 0 radical (unpaired) electrons. The van der Waals surface area contributed by atoms with Gasteiger partial charge in [0.25, 0.3) is 0 Å². The highest BCUT2D eigenvalue weighted by Gasteiger charge is 2.17. The van der Waals surface area contributed by atoms with E-state index in [1.165, 1.54) is 0 Å². The zero-order valence-corrected chi connectivity index (χ0v) is 11.6. The number of nitrogens with zero attached hydrogens (tertiary/aromatic N) is 1. The Bertz CT molecular complexity index is 792. The van der Waals surface area contributed by atoms with E-state index in [0.29, 0.717) is 21.9 Å². The first-order chi connectivity index (χ1) is 9.69. The molecule has 20 heavy (non-hydrogen) atoms. The van der Waals surface area contributed by atoms with Crippen LogP contribution in [0.25, 0.3) is 11.0 Å². The number of carbonyl (C=O) groups excluding carboxylic acids is 1. The van der Waals surface area contributed by atoms with Crippen LogP contribution >= 0.6 is 11.6 Å². The number of aromatic nitrogens is 1. The van der Waals surface area contributed by atoms with E-state index in [2.05, 4.69) is 4.98 Å². The zero-order chi connectivity index (χ0) is 14.1. The minimum atomic E-state index is -0.128. The molecule has 0 unspecified atom stereocenters. The van der Waals surface area contributed by atoms with Crippen LogP contribution in [-0.2, 0) is 6.42 Å². The van der Waals surface area contributed by atoms with E-state index >= 15 is 0 Å². The molecular weight excluding hydrogens is 274 g/mol. The van der Waals surface area contributed by atoms with Crippen molar-refractivity contribution >= 4 is 28.4 Å². The molecule has 1 aromatic carbocycles. The lowest BCUT2D eigenvalue weighted by Crippen LogP contribution is -2.04. The second-order valence-corrected chi connectivity index (χ2v) is 4.94. The number of aryl methyl sites for hydroxylation is 1. The third-order valence-corrected chi connectivity index (χ3v) is 3.47. The molecule has 3 aromatic rings. The zero-order valence-electron chi connectivity index (χ0n) is 10.9. The largest absolute Gasteiger partial charge is 0.453 e. The van der Waals surface area contributed by atoms with Gasteiger partial charge in [-0.15, -0.1) is 0 Å². The molecule has 4 heteroatoms. The van der Waals surface area contributed by atoms with Crippen LogP contribution in [0, 0.1) is 0 Å². The SMILES string of the molecule is CCc1cnccc1C(=O)c1cc2cc(Cl)ccc2o1. The molecule has 0 aliphatic heterocycles. The van der Waals surface area contributed by atoms with E-state index < -0.39 is 0 Å². The Morgan fingerprint density at radius 3 is 2.95 bits per heavy atom. The van der Waals surface area contributed by atoms with Crippen LogP contribution in [0.2, 0.25) is 5.02 Å². The smallest absolute Gasteiger partial charge is 0.228 e. The third kappa shape index (κ3) is 2.21. The normalized spacial score (nSPS) is 10.9. The Labute approximate surface area is 121 Å². The van der Waals surface area contributed by atoms with Gasteiger partial charge in [-0.3, -0.25) is 9.78 Å². The molecule has 0 atom stereocenters. The molecular formula is C16H12ClNO2. The Balaban J connectivity index is 2.08. The molecule has 0 fully saturated rings. The first-order valence-electron chi connectivity index (χ1n) is 6.35. The van der Waals surface area contributed by atoms with Crippen LogP contribution < -0.4 is 0 Å². The van der Waals surface area contributed by atoms with Gasteiger partial charge in [0.1, 0.15) is 5.58 Å². The summed E-state index contributed by atoms with van der Waals surface area (Å²) in [7, 11) is 0. The van der Waals surface area contributed by atoms with Crippen molar-refractivity contribution in [2.24, 2.45) is 0 Å². The lowest BCUT2D eigenvalue weighted by Gasteiger charge is -2.03. The monoisotopic (exact) mass is 285 g/mol. The second-order valence-electron chi connectivity index (χ2n) is 4.51. The van der Waals surface area contributed by atoms with Gasteiger partial charge in [0.15, 0.2) is 5.76 Å². The molecule has 0 amide bonds.